The van der Waals surface area contributed by atoms with Crippen LogP contribution in [0.3, 0.4) is 0 Å². The summed E-state index contributed by atoms with van der Waals surface area (Å²) in [6.45, 7) is 3.04. The molecule has 0 aromatic carbocycles. The smallest absolute Gasteiger partial charge is 0.223 e. The molecule has 10 heteroatoms. The Morgan fingerprint density at radius 1 is 1.12 bits per heavy atom. The predicted molar refractivity (Wildman–Crippen MR) is 122 cm³/mol. The zero-order chi connectivity index (χ0) is 22.6. The Morgan fingerprint density at radius 3 is 2.58 bits per heavy atom. The Morgan fingerprint density at radius 2 is 1.88 bits per heavy atom. The van der Waals surface area contributed by atoms with Gasteiger partial charge in [-0.3, -0.25) is 0 Å². The van der Waals surface area contributed by atoms with Crippen molar-refractivity contribution in [1.29, 1.82) is 5.26 Å². The average Bonchev–Trinajstić information content (AvgIpc) is 3.30. The monoisotopic (exact) mass is 449 g/mol. The maximum atomic E-state index is 9.57. The van der Waals surface area contributed by atoms with Crippen LogP contribution in [0.5, 0.6) is 11.5 Å². The van der Waals surface area contributed by atoms with Crippen LogP contribution in [-0.4, -0.2) is 65.1 Å². The van der Waals surface area contributed by atoms with Gasteiger partial charge < -0.3 is 24.4 Å². The summed E-state index contributed by atoms with van der Waals surface area (Å²) in [6.07, 6.45) is 10.7. The third kappa shape index (κ3) is 4.64. The van der Waals surface area contributed by atoms with Gasteiger partial charge in [0, 0.05) is 25.2 Å². The largest absolute Gasteiger partial charge is 0.494 e. The van der Waals surface area contributed by atoms with Gasteiger partial charge in [0.1, 0.15) is 22.9 Å². The van der Waals surface area contributed by atoms with Crippen LogP contribution in [0.4, 0.5) is 11.6 Å². The van der Waals surface area contributed by atoms with Gasteiger partial charge in [-0.15, -0.1) is 0 Å². The lowest BCUT2D eigenvalue weighted by molar-refractivity contribution is 0.122. The minimum atomic E-state index is 0.0741. The number of pyridine rings is 1. The molecule has 4 heterocycles. The molecule has 0 unspecified atom stereocenters. The van der Waals surface area contributed by atoms with E-state index in [-0.39, 0.29) is 6.10 Å². The second-order valence-electron chi connectivity index (χ2n) is 8.31. The Hall–Kier alpha value is -3.58. The average molecular weight is 450 g/mol. The third-order valence-corrected chi connectivity index (χ3v) is 6.22. The maximum Gasteiger partial charge on any atom is 0.223 e. The molecule has 10 nitrogen and oxygen atoms in total. The molecule has 172 valence electrons. The summed E-state index contributed by atoms with van der Waals surface area (Å²) in [4.78, 5) is 10.9. The molecule has 0 spiro atoms. The number of ether oxygens (including phenoxy) is 3. The molecule has 1 saturated heterocycles. The number of hydrogen-bond donors (Lipinski definition) is 1. The van der Waals surface area contributed by atoms with Crippen LogP contribution < -0.4 is 19.7 Å². The van der Waals surface area contributed by atoms with E-state index in [0.717, 1.165) is 50.0 Å². The van der Waals surface area contributed by atoms with Crippen LogP contribution in [0.25, 0.3) is 5.52 Å². The van der Waals surface area contributed by atoms with Crippen molar-refractivity contribution in [3.8, 4) is 17.6 Å². The van der Waals surface area contributed by atoms with Crippen LogP contribution in [0.2, 0.25) is 0 Å². The van der Waals surface area contributed by atoms with Crippen molar-refractivity contribution in [1.82, 2.24) is 19.6 Å². The van der Waals surface area contributed by atoms with E-state index in [2.05, 4.69) is 31.4 Å². The van der Waals surface area contributed by atoms with Gasteiger partial charge in [0.25, 0.3) is 0 Å². The molecule has 3 aromatic rings. The Labute approximate surface area is 192 Å². The number of methoxy groups -OCH3 is 1. The number of aromatic nitrogens is 4. The highest BCUT2D eigenvalue weighted by atomic mass is 16.5. The van der Waals surface area contributed by atoms with E-state index in [1.165, 1.54) is 0 Å². The number of nitriles is 1. The van der Waals surface area contributed by atoms with Gasteiger partial charge in [0.05, 0.1) is 56.9 Å². The quantitative estimate of drug-likeness (QED) is 0.607. The van der Waals surface area contributed by atoms with Crippen molar-refractivity contribution in [2.45, 2.75) is 37.8 Å². The lowest BCUT2D eigenvalue weighted by Crippen LogP contribution is -2.36. The minimum Gasteiger partial charge on any atom is -0.494 e. The molecule has 0 bridgehead atoms. The Bertz CT molecular complexity index is 1130. The molecule has 1 aliphatic carbocycles. The normalized spacial score (nSPS) is 20.9. The number of morpholine rings is 1. The summed E-state index contributed by atoms with van der Waals surface area (Å²) in [5, 5.41) is 17.4. The highest BCUT2D eigenvalue weighted by molar-refractivity contribution is 5.72. The highest BCUT2D eigenvalue weighted by Crippen LogP contribution is 2.33. The summed E-state index contributed by atoms with van der Waals surface area (Å²) in [5.74, 6) is 1.96. The first-order valence-corrected chi connectivity index (χ1v) is 11.3. The number of anilines is 2. The first kappa shape index (κ1) is 21.3. The summed E-state index contributed by atoms with van der Waals surface area (Å²) in [7, 11) is 1.60. The molecule has 1 aliphatic heterocycles. The van der Waals surface area contributed by atoms with Gasteiger partial charge in [-0.1, -0.05) is 0 Å². The summed E-state index contributed by atoms with van der Waals surface area (Å²) < 4.78 is 18.8. The third-order valence-electron chi connectivity index (χ3n) is 6.22. The van der Waals surface area contributed by atoms with Crippen LogP contribution in [0, 0.1) is 11.3 Å². The van der Waals surface area contributed by atoms with E-state index in [9.17, 15) is 5.26 Å². The number of nitrogens with one attached hydrogen (secondary N) is 1. The first-order valence-electron chi connectivity index (χ1n) is 11.3. The van der Waals surface area contributed by atoms with E-state index in [0.29, 0.717) is 42.3 Å². The molecule has 0 atom stereocenters. The van der Waals surface area contributed by atoms with Gasteiger partial charge in [0.2, 0.25) is 5.95 Å². The van der Waals surface area contributed by atoms with Gasteiger partial charge in [0.15, 0.2) is 5.75 Å². The fourth-order valence-corrected chi connectivity index (χ4v) is 4.42. The fraction of sp³-hybridized carbons (Fsp3) is 0.478. The summed E-state index contributed by atoms with van der Waals surface area (Å²) >= 11 is 0. The molecule has 33 heavy (non-hydrogen) atoms. The Balaban J connectivity index is 1.28. The number of rotatable bonds is 6. The first-order chi connectivity index (χ1) is 16.2. The molecular weight excluding hydrogens is 422 g/mol. The SMILES string of the molecule is COc1cnc(NC2CCC(Oc3cc(N4CCOCC4)cn4ncc(C#N)c34)CC2)nc1. The standard InChI is InChI=1S/C23H27N7O3/c1-31-20-13-25-23(26-14-20)28-17-2-4-19(5-3-17)33-21-10-18(29-6-8-32-9-7-29)15-30-22(21)16(11-24)12-27-30/h10,12-15,17,19H,2-9H2,1H3,(H,25,26,28). The van der Waals surface area contributed by atoms with E-state index in [4.69, 9.17) is 14.2 Å². The van der Waals surface area contributed by atoms with E-state index < -0.39 is 0 Å². The molecule has 2 aliphatic rings. The molecule has 3 aromatic heterocycles. The second-order valence-corrected chi connectivity index (χ2v) is 8.31. The fourth-order valence-electron chi connectivity index (χ4n) is 4.42. The molecule has 1 saturated carbocycles. The van der Waals surface area contributed by atoms with Gasteiger partial charge in [-0.25, -0.2) is 14.5 Å². The molecule has 0 radical (unpaired) electrons. The predicted octanol–water partition coefficient (Wildman–Crippen LogP) is 2.64. The van der Waals surface area contributed by atoms with Gasteiger partial charge in [-0.05, 0) is 25.7 Å². The summed E-state index contributed by atoms with van der Waals surface area (Å²) in [6, 6.07) is 4.57. The molecule has 1 N–H and O–H groups in total. The lowest BCUT2D eigenvalue weighted by Gasteiger charge is -2.31. The second kappa shape index (κ2) is 9.50. The van der Waals surface area contributed by atoms with E-state index in [1.807, 2.05) is 12.3 Å². The van der Waals surface area contributed by atoms with Gasteiger partial charge >= 0.3 is 0 Å². The molecule has 2 fully saturated rings. The van der Waals surface area contributed by atoms with Gasteiger partial charge in [-0.2, -0.15) is 10.4 Å². The van der Waals surface area contributed by atoms with Crippen molar-refractivity contribution in [2.75, 3.05) is 43.6 Å². The van der Waals surface area contributed by atoms with Crippen molar-refractivity contribution >= 4 is 17.2 Å². The van der Waals surface area contributed by atoms with Crippen molar-refractivity contribution in [3.05, 3.63) is 36.4 Å². The summed E-state index contributed by atoms with van der Waals surface area (Å²) in [5.41, 5.74) is 2.27. The van der Waals surface area contributed by atoms with Crippen LogP contribution in [0.15, 0.2) is 30.9 Å². The zero-order valence-corrected chi connectivity index (χ0v) is 18.6. The van der Waals surface area contributed by atoms with Crippen molar-refractivity contribution in [2.24, 2.45) is 0 Å². The van der Waals surface area contributed by atoms with Crippen molar-refractivity contribution < 1.29 is 14.2 Å². The van der Waals surface area contributed by atoms with E-state index >= 15 is 0 Å². The van der Waals surface area contributed by atoms with Crippen LogP contribution in [-0.2, 0) is 4.74 Å². The molecule has 5 rings (SSSR count). The topological polar surface area (TPSA) is 110 Å². The lowest BCUT2D eigenvalue weighted by atomic mass is 9.93. The van der Waals surface area contributed by atoms with E-state index in [1.54, 1.807) is 30.2 Å². The highest BCUT2D eigenvalue weighted by Gasteiger charge is 2.25. The zero-order valence-electron chi connectivity index (χ0n) is 18.6. The number of nitrogens with zero attached hydrogens (tertiary/aromatic N) is 6. The number of hydrogen-bond acceptors (Lipinski definition) is 9. The minimum absolute atomic E-state index is 0.0741. The maximum absolute atomic E-state index is 9.57. The van der Waals surface area contributed by atoms with Crippen LogP contribution in [0.1, 0.15) is 31.2 Å². The molecular formula is C23H27N7O3. The Kier molecular flexibility index (Phi) is 6.13. The van der Waals surface area contributed by atoms with Crippen molar-refractivity contribution in [3.63, 3.8) is 0 Å². The number of fused-ring (bicyclic) bond motifs is 1. The van der Waals surface area contributed by atoms with Crippen LogP contribution >= 0.6 is 0 Å². The molecule has 0 amide bonds.